The second kappa shape index (κ2) is 6.13. The number of aromatic nitrogens is 1. The van der Waals surface area contributed by atoms with E-state index in [0.29, 0.717) is 12.0 Å². The molecule has 0 amide bonds. The summed E-state index contributed by atoms with van der Waals surface area (Å²) < 4.78 is 0. The zero-order valence-corrected chi connectivity index (χ0v) is 12.8. The third-order valence-electron chi connectivity index (χ3n) is 4.08. The highest BCUT2D eigenvalue weighted by molar-refractivity contribution is 7.09. The van der Waals surface area contributed by atoms with Gasteiger partial charge in [0.25, 0.3) is 0 Å². The second-order valence-corrected chi connectivity index (χ2v) is 6.52. The van der Waals surface area contributed by atoms with Crippen molar-refractivity contribution in [2.24, 2.45) is 0 Å². The van der Waals surface area contributed by atoms with E-state index in [0.717, 1.165) is 13.0 Å². The zero-order valence-electron chi connectivity index (χ0n) is 12.0. The average molecular weight is 267 g/mol. The van der Waals surface area contributed by atoms with Gasteiger partial charge in [0.15, 0.2) is 0 Å². The Kier molecular flexibility index (Phi) is 4.76. The van der Waals surface area contributed by atoms with Crippen molar-refractivity contribution in [1.29, 1.82) is 0 Å². The molecule has 2 atom stereocenters. The van der Waals surface area contributed by atoms with Gasteiger partial charge in [-0.2, -0.15) is 0 Å². The molecule has 4 heteroatoms. The fourth-order valence-electron chi connectivity index (χ4n) is 2.38. The van der Waals surface area contributed by atoms with Crippen LogP contribution in [0.1, 0.15) is 36.9 Å². The minimum Gasteiger partial charge on any atom is -0.304 e. The van der Waals surface area contributed by atoms with E-state index in [4.69, 9.17) is 4.98 Å². The highest BCUT2D eigenvalue weighted by atomic mass is 32.1. The van der Waals surface area contributed by atoms with Crippen LogP contribution in [0.15, 0.2) is 5.38 Å². The predicted molar refractivity (Wildman–Crippen MR) is 78.4 cm³/mol. The number of rotatable bonds is 4. The number of piperazine rings is 1. The Balaban J connectivity index is 1.98. The first-order valence-electron chi connectivity index (χ1n) is 6.93. The maximum absolute atomic E-state index is 4.81. The van der Waals surface area contributed by atoms with E-state index in [1.807, 2.05) is 11.3 Å². The molecule has 0 saturated carbocycles. The van der Waals surface area contributed by atoms with E-state index in [2.05, 4.69) is 43.1 Å². The van der Waals surface area contributed by atoms with Gasteiger partial charge in [-0.1, -0.05) is 13.8 Å². The summed E-state index contributed by atoms with van der Waals surface area (Å²) in [6, 6.07) is 0.625. The van der Waals surface area contributed by atoms with Crippen LogP contribution in [0.2, 0.25) is 0 Å². The van der Waals surface area contributed by atoms with Crippen molar-refractivity contribution < 1.29 is 0 Å². The summed E-state index contributed by atoms with van der Waals surface area (Å²) in [5.74, 6) is 0.599. The summed E-state index contributed by atoms with van der Waals surface area (Å²) >= 11 is 1.83. The number of thiazole rings is 1. The van der Waals surface area contributed by atoms with E-state index in [9.17, 15) is 0 Å². The molecule has 102 valence electrons. The van der Waals surface area contributed by atoms with Crippen LogP contribution < -0.4 is 0 Å². The van der Waals surface area contributed by atoms with Crippen molar-refractivity contribution in [1.82, 2.24) is 14.8 Å². The highest BCUT2D eigenvalue weighted by Gasteiger charge is 2.23. The van der Waals surface area contributed by atoms with Gasteiger partial charge < -0.3 is 9.80 Å². The molecule has 0 bridgehead atoms. The molecule has 0 spiro atoms. The molecule has 2 unspecified atom stereocenters. The molecule has 3 nitrogen and oxygen atoms in total. The van der Waals surface area contributed by atoms with Gasteiger partial charge >= 0.3 is 0 Å². The van der Waals surface area contributed by atoms with Crippen LogP contribution in [0.4, 0.5) is 0 Å². The lowest BCUT2D eigenvalue weighted by molar-refractivity contribution is 0.114. The van der Waals surface area contributed by atoms with E-state index in [-0.39, 0.29) is 0 Å². The Morgan fingerprint density at radius 2 is 2.22 bits per heavy atom. The fourth-order valence-corrected chi connectivity index (χ4v) is 3.37. The standard InChI is InChI=1S/C14H25N3S/c1-5-11(2)13-10-18-14(15-13)8-12-9-16(3)6-7-17(12)4/h10-12H,5-9H2,1-4H3. The number of likely N-dealkylation sites (N-methyl/N-ethyl adjacent to an activating group) is 2. The SMILES string of the molecule is CCC(C)c1csc(CC2CN(C)CCN2C)n1. The first kappa shape index (κ1) is 14.0. The quantitative estimate of drug-likeness (QED) is 0.835. The second-order valence-electron chi connectivity index (χ2n) is 5.58. The summed E-state index contributed by atoms with van der Waals surface area (Å²) in [5, 5.41) is 3.55. The zero-order chi connectivity index (χ0) is 13.1. The Hall–Kier alpha value is -0.450. The molecule has 1 aliphatic rings. The predicted octanol–water partition coefficient (Wildman–Crippen LogP) is 2.44. The van der Waals surface area contributed by atoms with Crippen LogP contribution in [-0.2, 0) is 6.42 Å². The number of hydrogen-bond donors (Lipinski definition) is 0. The maximum Gasteiger partial charge on any atom is 0.0944 e. The van der Waals surface area contributed by atoms with Crippen LogP contribution >= 0.6 is 11.3 Å². The van der Waals surface area contributed by atoms with E-state index >= 15 is 0 Å². The molecule has 1 aromatic heterocycles. The molecule has 18 heavy (non-hydrogen) atoms. The van der Waals surface area contributed by atoms with Gasteiger partial charge in [0.05, 0.1) is 10.7 Å². The molecule has 2 rings (SSSR count). The third kappa shape index (κ3) is 3.31. The van der Waals surface area contributed by atoms with Gasteiger partial charge in [0.1, 0.15) is 0 Å². The smallest absolute Gasteiger partial charge is 0.0944 e. The molecule has 0 aliphatic carbocycles. The van der Waals surface area contributed by atoms with Crippen LogP contribution in [0.25, 0.3) is 0 Å². The molecule has 1 saturated heterocycles. The first-order valence-corrected chi connectivity index (χ1v) is 7.81. The molecule has 0 aromatic carbocycles. The summed E-state index contributed by atoms with van der Waals surface area (Å²) in [4.78, 5) is 9.71. The van der Waals surface area contributed by atoms with E-state index in [1.165, 1.54) is 30.2 Å². The number of nitrogens with zero attached hydrogens (tertiary/aromatic N) is 3. The summed E-state index contributed by atoms with van der Waals surface area (Å²) in [5.41, 5.74) is 1.28. The maximum atomic E-state index is 4.81. The molecular weight excluding hydrogens is 242 g/mol. The van der Waals surface area contributed by atoms with Gasteiger partial charge in [-0.15, -0.1) is 11.3 Å². The Morgan fingerprint density at radius 1 is 1.44 bits per heavy atom. The van der Waals surface area contributed by atoms with Crippen LogP contribution in [0.3, 0.4) is 0 Å². The van der Waals surface area contributed by atoms with Crippen LogP contribution in [0.5, 0.6) is 0 Å². The minimum absolute atomic E-state index is 0.599. The Morgan fingerprint density at radius 3 is 2.94 bits per heavy atom. The number of hydrogen-bond acceptors (Lipinski definition) is 4. The lowest BCUT2D eigenvalue weighted by Crippen LogP contribution is -2.50. The molecule has 0 radical (unpaired) electrons. The highest BCUT2D eigenvalue weighted by Crippen LogP contribution is 2.23. The van der Waals surface area contributed by atoms with Crippen molar-refractivity contribution in [3.8, 4) is 0 Å². The van der Waals surface area contributed by atoms with Gasteiger partial charge in [0, 0.05) is 37.5 Å². The van der Waals surface area contributed by atoms with Crippen molar-refractivity contribution in [2.45, 2.75) is 38.6 Å². The van der Waals surface area contributed by atoms with E-state index < -0.39 is 0 Å². The Bertz CT molecular complexity index is 377. The van der Waals surface area contributed by atoms with Crippen molar-refractivity contribution in [3.63, 3.8) is 0 Å². The monoisotopic (exact) mass is 267 g/mol. The molecule has 1 aliphatic heterocycles. The fraction of sp³-hybridized carbons (Fsp3) is 0.786. The van der Waals surface area contributed by atoms with Gasteiger partial charge in [-0.3, -0.25) is 0 Å². The van der Waals surface area contributed by atoms with E-state index in [1.54, 1.807) is 0 Å². The summed E-state index contributed by atoms with van der Waals surface area (Å²) in [7, 11) is 4.45. The molecular formula is C14H25N3S. The first-order chi connectivity index (χ1) is 8.60. The minimum atomic E-state index is 0.599. The van der Waals surface area contributed by atoms with Gasteiger partial charge in [0.2, 0.25) is 0 Å². The van der Waals surface area contributed by atoms with Gasteiger partial charge in [-0.05, 0) is 26.4 Å². The summed E-state index contributed by atoms with van der Waals surface area (Å²) in [6.45, 7) is 8.01. The molecule has 0 N–H and O–H groups in total. The van der Waals surface area contributed by atoms with Crippen LogP contribution in [-0.4, -0.2) is 54.6 Å². The lowest BCUT2D eigenvalue weighted by Gasteiger charge is -2.37. The molecule has 2 heterocycles. The normalized spacial score (nSPS) is 24.3. The van der Waals surface area contributed by atoms with Crippen LogP contribution in [0, 0.1) is 0 Å². The third-order valence-corrected chi connectivity index (χ3v) is 4.97. The van der Waals surface area contributed by atoms with Gasteiger partial charge in [-0.25, -0.2) is 4.98 Å². The van der Waals surface area contributed by atoms with Crippen molar-refractivity contribution in [2.75, 3.05) is 33.7 Å². The average Bonchev–Trinajstić information content (AvgIpc) is 2.81. The topological polar surface area (TPSA) is 19.4 Å². The molecule has 1 aromatic rings. The lowest BCUT2D eigenvalue weighted by atomic mass is 10.1. The Labute approximate surface area is 115 Å². The summed E-state index contributed by atoms with van der Waals surface area (Å²) in [6.07, 6.45) is 2.27. The molecule has 1 fully saturated rings. The largest absolute Gasteiger partial charge is 0.304 e. The van der Waals surface area contributed by atoms with Crippen molar-refractivity contribution >= 4 is 11.3 Å². The van der Waals surface area contributed by atoms with Crippen molar-refractivity contribution in [3.05, 3.63) is 16.1 Å².